The van der Waals surface area contributed by atoms with Crippen LogP contribution in [0.3, 0.4) is 0 Å². The molecule has 1 aromatic heterocycles. The Morgan fingerprint density at radius 3 is 2.82 bits per heavy atom. The van der Waals surface area contributed by atoms with Gasteiger partial charge in [0, 0.05) is 43.8 Å². The molecule has 1 unspecified atom stereocenters. The van der Waals surface area contributed by atoms with E-state index in [1.165, 1.54) is 37.8 Å². The molecule has 5 heteroatoms. The highest BCUT2D eigenvalue weighted by atomic mass is 16.2. The monoisotopic (exact) mass is 304 g/mol. The van der Waals surface area contributed by atoms with Crippen LogP contribution in [-0.4, -0.2) is 39.0 Å². The lowest BCUT2D eigenvalue weighted by Gasteiger charge is -2.31. The molecule has 2 heterocycles. The number of amides is 1. The molecule has 0 aromatic carbocycles. The molecule has 0 spiro atoms. The Labute approximate surface area is 133 Å². The van der Waals surface area contributed by atoms with Crippen LogP contribution < -0.4 is 5.32 Å². The van der Waals surface area contributed by atoms with E-state index in [9.17, 15) is 4.79 Å². The molecule has 1 N–H and O–H groups in total. The maximum Gasteiger partial charge on any atom is 0.224 e. The zero-order valence-electron chi connectivity index (χ0n) is 13.8. The Kier molecular flexibility index (Phi) is 4.81. The van der Waals surface area contributed by atoms with E-state index in [0.717, 1.165) is 13.1 Å². The molecule has 1 aromatic rings. The molecule has 1 aliphatic carbocycles. The first-order chi connectivity index (χ1) is 10.6. The SMILES string of the molecule is CC(C)n1cncc1CNC1CC(=O)N(C2CCCCC2)C1. The molecular formula is C17H28N4O. The molecule has 1 saturated heterocycles. The van der Waals surface area contributed by atoms with Gasteiger partial charge in [-0.3, -0.25) is 4.79 Å². The Hall–Kier alpha value is -1.36. The van der Waals surface area contributed by atoms with Crippen molar-refractivity contribution in [2.24, 2.45) is 0 Å². The van der Waals surface area contributed by atoms with Gasteiger partial charge in [0.1, 0.15) is 0 Å². The van der Waals surface area contributed by atoms with Crippen molar-refractivity contribution in [2.75, 3.05) is 6.54 Å². The van der Waals surface area contributed by atoms with Gasteiger partial charge in [-0.25, -0.2) is 4.98 Å². The fourth-order valence-electron chi connectivity index (χ4n) is 3.80. The minimum absolute atomic E-state index is 0.282. The molecule has 1 atom stereocenters. The van der Waals surface area contributed by atoms with E-state index in [0.29, 0.717) is 24.4 Å². The number of hydrogen-bond donors (Lipinski definition) is 1. The quantitative estimate of drug-likeness (QED) is 0.909. The molecule has 2 fully saturated rings. The number of nitrogens with one attached hydrogen (secondary N) is 1. The third kappa shape index (κ3) is 3.35. The summed E-state index contributed by atoms with van der Waals surface area (Å²) in [6.07, 6.45) is 10.7. The molecule has 122 valence electrons. The third-order valence-electron chi connectivity index (χ3n) is 5.05. The third-order valence-corrected chi connectivity index (χ3v) is 5.05. The molecule has 3 rings (SSSR count). The smallest absolute Gasteiger partial charge is 0.224 e. The van der Waals surface area contributed by atoms with Crippen molar-refractivity contribution in [2.45, 2.75) is 77.0 Å². The van der Waals surface area contributed by atoms with Gasteiger partial charge in [-0.2, -0.15) is 0 Å². The predicted octanol–water partition coefficient (Wildman–Crippen LogP) is 2.49. The highest BCUT2D eigenvalue weighted by molar-refractivity contribution is 5.79. The average Bonchev–Trinajstić information content (AvgIpc) is 3.12. The van der Waals surface area contributed by atoms with Crippen LogP contribution in [0.5, 0.6) is 0 Å². The minimum Gasteiger partial charge on any atom is -0.338 e. The second-order valence-electron chi connectivity index (χ2n) is 7.01. The average molecular weight is 304 g/mol. The van der Waals surface area contributed by atoms with E-state index in [-0.39, 0.29) is 6.04 Å². The number of carbonyl (C=O) groups excluding carboxylic acids is 1. The van der Waals surface area contributed by atoms with Crippen LogP contribution in [0.4, 0.5) is 0 Å². The summed E-state index contributed by atoms with van der Waals surface area (Å²) in [5, 5.41) is 3.56. The topological polar surface area (TPSA) is 50.2 Å². The van der Waals surface area contributed by atoms with Gasteiger partial charge in [0.15, 0.2) is 0 Å². The first-order valence-corrected chi connectivity index (χ1v) is 8.68. The van der Waals surface area contributed by atoms with Gasteiger partial charge in [-0.1, -0.05) is 19.3 Å². The Morgan fingerprint density at radius 2 is 2.09 bits per heavy atom. The van der Waals surface area contributed by atoms with Crippen molar-refractivity contribution in [3.63, 3.8) is 0 Å². The lowest BCUT2D eigenvalue weighted by atomic mass is 9.94. The number of rotatable bonds is 5. The summed E-state index contributed by atoms with van der Waals surface area (Å²) >= 11 is 0. The van der Waals surface area contributed by atoms with Gasteiger partial charge in [-0.05, 0) is 26.7 Å². The number of hydrogen-bond acceptors (Lipinski definition) is 3. The van der Waals surface area contributed by atoms with E-state index in [1.54, 1.807) is 0 Å². The molecule has 1 amide bonds. The second kappa shape index (κ2) is 6.82. The number of nitrogens with zero attached hydrogens (tertiary/aromatic N) is 3. The van der Waals surface area contributed by atoms with E-state index in [1.807, 2.05) is 12.5 Å². The normalized spacial score (nSPS) is 23.7. The zero-order valence-corrected chi connectivity index (χ0v) is 13.8. The highest BCUT2D eigenvalue weighted by Crippen LogP contribution is 2.26. The van der Waals surface area contributed by atoms with E-state index in [4.69, 9.17) is 0 Å². The highest BCUT2D eigenvalue weighted by Gasteiger charge is 2.34. The lowest BCUT2D eigenvalue weighted by molar-refractivity contribution is -0.130. The standard InChI is InChI=1S/C17H28N4O/c1-13(2)21-12-18-9-16(21)10-19-14-8-17(22)20(11-14)15-6-4-3-5-7-15/h9,12-15,19H,3-8,10-11H2,1-2H3. The fourth-order valence-corrected chi connectivity index (χ4v) is 3.80. The summed E-state index contributed by atoms with van der Waals surface area (Å²) in [7, 11) is 0. The van der Waals surface area contributed by atoms with Crippen LogP contribution in [-0.2, 0) is 11.3 Å². The lowest BCUT2D eigenvalue weighted by Crippen LogP contribution is -2.40. The van der Waals surface area contributed by atoms with Gasteiger partial charge in [0.2, 0.25) is 5.91 Å². The van der Waals surface area contributed by atoms with Gasteiger partial charge in [0.25, 0.3) is 0 Å². The molecule has 1 saturated carbocycles. The van der Waals surface area contributed by atoms with Gasteiger partial charge < -0.3 is 14.8 Å². The largest absolute Gasteiger partial charge is 0.338 e. The van der Waals surface area contributed by atoms with Crippen LogP contribution in [0.2, 0.25) is 0 Å². The zero-order chi connectivity index (χ0) is 15.5. The van der Waals surface area contributed by atoms with Crippen molar-refractivity contribution in [3.05, 3.63) is 18.2 Å². The summed E-state index contributed by atoms with van der Waals surface area (Å²) in [4.78, 5) is 18.7. The molecular weight excluding hydrogens is 276 g/mol. The summed E-state index contributed by atoms with van der Waals surface area (Å²) in [5.41, 5.74) is 1.19. The van der Waals surface area contributed by atoms with Crippen LogP contribution >= 0.6 is 0 Å². The second-order valence-corrected chi connectivity index (χ2v) is 7.01. The Balaban J connectivity index is 1.53. The number of aromatic nitrogens is 2. The fraction of sp³-hybridized carbons (Fsp3) is 0.765. The molecule has 5 nitrogen and oxygen atoms in total. The van der Waals surface area contributed by atoms with Crippen molar-refractivity contribution in [1.82, 2.24) is 19.8 Å². The van der Waals surface area contributed by atoms with Crippen molar-refractivity contribution in [1.29, 1.82) is 0 Å². The maximum atomic E-state index is 12.3. The van der Waals surface area contributed by atoms with E-state index >= 15 is 0 Å². The Bertz CT molecular complexity index is 505. The molecule has 0 radical (unpaired) electrons. The van der Waals surface area contributed by atoms with Crippen molar-refractivity contribution < 1.29 is 4.79 Å². The summed E-state index contributed by atoms with van der Waals surface area (Å²) < 4.78 is 2.18. The summed E-state index contributed by atoms with van der Waals surface area (Å²) in [5.74, 6) is 0.335. The molecule has 2 aliphatic rings. The van der Waals surface area contributed by atoms with Gasteiger partial charge in [-0.15, -0.1) is 0 Å². The van der Waals surface area contributed by atoms with Gasteiger partial charge >= 0.3 is 0 Å². The van der Waals surface area contributed by atoms with E-state index < -0.39 is 0 Å². The van der Waals surface area contributed by atoms with Crippen LogP contribution in [0, 0.1) is 0 Å². The summed E-state index contributed by atoms with van der Waals surface area (Å²) in [6, 6.07) is 1.20. The van der Waals surface area contributed by atoms with Crippen LogP contribution in [0.15, 0.2) is 12.5 Å². The number of carbonyl (C=O) groups is 1. The first-order valence-electron chi connectivity index (χ1n) is 8.68. The van der Waals surface area contributed by atoms with Crippen molar-refractivity contribution in [3.8, 4) is 0 Å². The van der Waals surface area contributed by atoms with Crippen LogP contribution in [0.25, 0.3) is 0 Å². The molecule has 22 heavy (non-hydrogen) atoms. The number of imidazole rings is 1. The predicted molar refractivity (Wildman–Crippen MR) is 86.4 cm³/mol. The van der Waals surface area contributed by atoms with Crippen molar-refractivity contribution >= 4 is 5.91 Å². The first kappa shape index (κ1) is 15.5. The van der Waals surface area contributed by atoms with Crippen LogP contribution in [0.1, 0.15) is 64.1 Å². The maximum absolute atomic E-state index is 12.3. The molecule has 1 aliphatic heterocycles. The molecule has 0 bridgehead atoms. The number of likely N-dealkylation sites (tertiary alicyclic amines) is 1. The van der Waals surface area contributed by atoms with E-state index in [2.05, 4.69) is 33.6 Å². The Morgan fingerprint density at radius 1 is 1.32 bits per heavy atom. The minimum atomic E-state index is 0.282. The van der Waals surface area contributed by atoms with Gasteiger partial charge in [0.05, 0.1) is 12.0 Å². The summed E-state index contributed by atoms with van der Waals surface area (Å²) in [6.45, 7) is 5.98.